The molecule has 0 spiro atoms. The van der Waals surface area contributed by atoms with Crippen molar-refractivity contribution in [3.8, 4) is 0 Å². The lowest BCUT2D eigenvalue weighted by atomic mass is 10.2. The first-order valence-corrected chi connectivity index (χ1v) is 5.45. The maximum absolute atomic E-state index is 5.18. The number of aromatic nitrogens is 3. The number of para-hydroxylation sites is 1. The molecule has 0 radical (unpaired) electrons. The maximum Gasteiger partial charge on any atom is 0.215 e. The molecule has 0 aliphatic rings. The molecule has 0 fully saturated rings. The van der Waals surface area contributed by atoms with E-state index in [2.05, 4.69) is 35.3 Å². The number of H-pyrrole nitrogens is 1. The van der Waals surface area contributed by atoms with Gasteiger partial charge in [0.1, 0.15) is 0 Å². The van der Waals surface area contributed by atoms with Gasteiger partial charge in [-0.25, -0.2) is 0 Å². The molecule has 3 nitrogen and oxygen atoms in total. The third-order valence-electron chi connectivity index (χ3n) is 2.27. The van der Waals surface area contributed by atoms with Gasteiger partial charge in [-0.2, -0.15) is 0 Å². The summed E-state index contributed by atoms with van der Waals surface area (Å²) in [5.41, 5.74) is 2.40. The first-order valence-electron chi connectivity index (χ1n) is 4.22. The van der Waals surface area contributed by atoms with E-state index < -0.39 is 0 Å². The van der Waals surface area contributed by atoms with Crippen LogP contribution in [0.1, 0.15) is 5.56 Å². The number of benzene rings is 1. The van der Waals surface area contributed by atoms with Crippen molar-refractivity contribution in [2.45, 2.75) is 6.92 Å². The van der Waals surface area contributed by atoms with Gasteiger partial charge in [0, 0.05) is 0 Å². The van der Waals surface area contributed by atoms with E-state index in [1.54, 1.807) is 11.3 Å². The van der Waals surface area contributed by atoms with Gasteiger partial charge in [0.25, 0.3) is 0 Å². The van der Waals surface area contributed by atoms with E-state index in [-0.39, 0.29) is 0 Å². The standard InChI is InChI=1S/C9H7N3S2/c1-5-3-2-4-6-7(5)12-8(13)10-11-9(12)14-6/h2-4H,1H3,(H,10,13). The number of hydrogen-bond donors (Lipinski definition) is 1. The summed E-state index contributed by atoms with van der Waals surface area (Å²) >= 11 is 6.83. The predicted octanol–water partition coefficient (Wildman–Crippen LogP) is 2.92. The highest BCUT2D eigenvalue weighted by Crippen LogP contribution is 2.27. The van der Waals surface area contributed by atoms with E-state index >= 15 is 0 Å². The predicted molar refractivity (Wildman–Crippen MR) is 60.5 cm³/mol. The van der Waals surface area contributed by atoms with E-state index in [4.69, 9.17) is 12.2 Å². The minimum Gasteiger partial charge on any atom is -0.258 e. The number of aromatic amines is 1. The second-order valence-electron chi connectivity index (χ2n) is 3.17. The summed E-state index contributed by atoms with van der Waals surface area (Å²) in [6, 6.07) is 6.24. The van der Waals surface area contributed by atoms with Crippen LogP contribution in [-0.4, -0.2) is 14.6 Å². The Hall–Kier alpha value is -1.20. The number of fused-ring (bicyclic) bond motifs is 3. The quantitative estimate of drug-likeness (QED) is 0.592. The van der Waals surface area contributed by atoms with Crippen molar-refractivity contribution >= 4 is 38.7 Å². The minimum atomic E-state index is 0.667. The number of rotatable bonds is 0. The Balaban J connectivity index is 2.75. The van der Waals surface area contributed by atoms with Crippen molar-refractivity contribution in [2.24, 2.45) is 0 Å². The molecule has 1 aromatic carbocycles. The fourth-order valence-corrected chi connectivity index (χ4v) is 2.99. The molecule has 70 valence electrons. The molecule has 0 unspecified atom stereocenters. The molecule has 0 atom stereocenters. The zero-order valence-corrected chi connectivity index (χ0v) is 9.08. The van der Waals surface area contributed by atoms with Gasteiger partial charge < -0.3 is 0 Å². The Labute approximate surface area is 89.0 Å². The van der Waals surface area contributed by atoms with Crippen LogP contribution >= 0.6 is 23.6 Å². The first kappa shape index (κ1) is 8.14. The Bertz CT molecular complexity index is 674. The van der Waals surface area contributed by atoms with Gasteiger partial charge >= 0.3 is 0 Å². The van der Waals surface area contributed by atoms with Crippen molar-refractivity contribution in [3.05, 3.63) is 28.5 Å². The Morgan fingerprint density at radius 2 is 2.36 bits per heavy atom. The van der Waals surface area contributed by atoms with E-state index in [0.717, 1.165) is 4.96 Å². The van der Waals surface area contributed by atoms with Crippen LogP contribution in [0.4, 0.5) is 0 Å². The van der Waals surface area contributed by atoms with Gasteiger partial charge in [-0.3, -0.25) is 9.50 Å². The van der Waals surface area contributed by atoms with Crippen molar-refractivity contribution in [2.75, 3.05) is 0 Å². The lowest BCUT2D eigenvalue weighted by molar-refractivity contribution is 1.08. The van der Waals surface area contributed by atoms with E-state index in [1.165, 1.54) is 15.8 Å². The molecule has 3 rings (SSSR count). The van der Waals surface area contributed by atoms with E-state index in [9.17, 15) is 0 Å². The van der Waals surface area contributed by atoms with E-state index in [1.807, 2.05) is 4.40 Å². The second-order valence-corrected chi connectivity index (χ2v) is 4.57. The molecule has 3 aromatic rings. The van der Waals surface area contributed by atoms with Crippen LogP contribution in [0.2, 0.25) is 0 Å². The Kier molecular flexibility index (Phi) is 1.54. The third kappa shape index (κ3) is 0.908. The molecule has 2 heterocycles. The smallest absolute Gasteiger partial charge is 0.215 e. The number of thiazole rings is 1. The summed E-state index contributed by atoms with van der Waals surface area (Å²) in [6.45, 7) is 2.09. The summed E-state index contributed by atoms with van der Waals surface area (Å²) in [5, 5.41) is 6.96. The average Bonchev–Trinajstić information content (AvgIpc) is 2.67. The Morgan fingerprint density at radius 1 is 1.50 bits per heavy atom. The molecule has 5 heteroatoms. The van der Waals surface area contributed by atoms with Crippen LogP contribution in [0.15, 0.2) is 18.2 Å². The van der Waals surface area contributed by atoms with Crippen LogP contribution in [0.25, 0.3) is 15.2 Å². The third-order valence-corrected chi connectivity index (χ3v) is 3.55. The normalized spacial score (nSPS) is 11.5. The number of nitrogens with zero attached hydrogens (tertiary/aromatic N) is 2. The Morgan fingerprint density at radius 3 is 3.21 bits per heavy atom. The van der Waals surface area contributed by atoms with Gasteiger partial charge in [0.05, 0.1) is 10.2 Å². The molecule has 0 aliphatic carbocycles. The molecule has 2 aromatic heterocycles. The van der Waals surface area contributed by atoms with Crippen LogP contribution in [0, 0.1) is 11.7 Å². The molecular weight excluding hydrogens is 214 g/mol. The van der Waals surface area contributed by atoms with Crippen molar-refractivity contribution < 1.29 is 0 Å². The molecule has 0 aliphatic heterocycles. The van der Waals surface area contributed by atoms with Gasteiger partial charge in [-0.1, -0.05) is 23.5 Å². The molecule has 0 saturated carbocycles. The first-order chi connectivity index (χ1) is 6.77. The highest BCUT2D eigenvalue weighted by molar-refractivity contribution is 7.71. The van der Waals surface area contributed by atoms with Crippen LogP contribution in [0.5, 0.6) is 0 Å². The minimum absolute atomic E-state index is 0.667. The summed E-state index contributed by atoms with van der Waals surface area (Å²) in [6.07, 6.45) is 0. The highest BCUT2D eigenvalue weighted by atomic mass is 32.1. The molecular formula is C9H7N3S2. The molecule has 0 amide bonds. The van der Waals surface area contributed by atoms with Gasteiger partial charge in [0.15, 0.2) is 0 Å². The number of nitrogens with one attached hydrogen (secondary N) is 1. The van der Waals surface area contributed by atoms with Crippen LogP contribution in [-0.2, 0) is 0 Å². The maximum atomic E-state index is 5.18. The summed E-state index contributed by atoms with van der Waals surface area (Å²) < 4.78 is 3.89. The van der Waals surface area contributed by atoms with Gasteiger partial charge in [0.2, 0.25) is 9.73 Å². The fourth-order valence-electron chi connectivity index (χ4n) is 1.65. The molecule has 1 N–H and O–H groups in total. The zero-order chi connectivity index (χ0) is 9.71. The molecule has 0 saturated heterocycles. The second kappa shape index (κ2) is 2.65. The summed E-state index contributed by atoms with van der Waals surface area (Å²) in [4.78, 5) is 0.930. The van der Waals surface area contributed by atoms with Crippen molar-refractivity contribution in [1.82, 2.24) is 14.6 Å². The van der Waals surface area contributed by atoms with Crippen LogP contribution in [0.3, 0.4) is 0 Å². The average molecular weight is 221 g/mol. The number of aryl methyl sites for hydroxylation is 1. The zero-order valence-electron chi connectivity index (χ0n) is 7.44. The van der Waals surface area contributed by atoms with Gasteiger partial charge in [-0.05, 0) is 30.8 Å². The van der Waals surface area contributed by atoms with E-state index in [0.29, 0.717) is 4.77 Å². The summed E-state index contributed by atoms with van der Waals surface area (Å²) in [5.74, 6) is 0. The van der Waals surface area contributed by atoms with Crippen LogP contribution < -0.4 is 0 Å². The number of hydrogen-bond acceptors (Lipinski definition) is 3. The lowest BCUT2D eigenvalue weighted by Crippen LogP contribution is -1.83. The SMILES string of the molecule is Cc1cccc2sc3n[nH]c(=S)n3c12. The molecule has 14 heavy (non-hydrogen) atoms. The van der Waals surface area contributed by atoms with Gasteiger partial charge in [-0.15, -0.1) is 5.10 Å². The lowest BCUT2D eigenvalue weighted by Gasteiger charge is -1.94. The molecule has 0 bridgehead atoms. The largest absolute Gasteiger partial charge is 0.258 e. The van der Waals surface area contributed by atoms with Crippen molar-refractivity contribution in [3.63, 3.8) is 0 Å². The fraction of sp³-hybridized carbons (Fsp3) is 0.111. The monoisotopic (exact) mass is 221 g/mol. The summed E-state index contributed by atoms with van der Waals surface area (Å²) in [7, 11) is 0. The topological polar surface area (TPSA) is 33.1 Å². The highest BCUT2D eigenvalue weighted by Gasteiger charge is 2.08. The van der Waals surface area contributed by atoms with Crippen molar-refractivity contribution in [1.29, 1.82) is 0 Å².